The van der Waals surface area contributed by atoms with Gasteiger partial charge >= 0.3 is 5.97 Å². The van der Waals surface area contributed by atoms with Crippen molar-refractivity contribution < 1.29 is 82.1 Å². The molecule has 96 heavy (non-hydrogen) atoms. The molecule has 1 aromatic heterocycles. The van der Waals surface area contributed by atoms with Crippen LogP contribution in [-0.2, 0) is 78.3 Å². The minimum atomic E-state index is -1.70. The van der Waals surface area contributed by atoms with Crippen molar-refractivity contribution in [2.75, 3.05) is 51.6 Å². The van der Waals surface area contributed by atoms with Gasteiger partial charge in [0.15, 0.2) is 0 Å². The predicted octanol–water partition coefficient (Wildman–Crippen LogP) is -4.94. The van der Waals surface area contributed by atoms with Crippen LogP contribution >= 0.6 is 12.6 Å². The largest absolute Gasteiger partial charge is 0.480 e. The molecule has 536 valence electrons. The Kier molecular flexibility index (Phi) is 32.4. The molecule has 3 fully saturated rings. The van der Waals surface area contributed by atoms with E-state index in [0.29, 0.717) is 31.4 Å². The molecule has 0 bridgehead atoms. The Bertz CT molecular complexity index is 2920. The zero-order valence-electron chi connectivity index (χ0n) is 55.9. The quantitative estimate of drug-likeness (QED) is 0.0276. The maximum atomic E-state index is 14.9. The lowest BCUT2D eigenvalue weighted by Crippen LogP contribution is -2.61. The Hall–Kier alpha value is -8.47. The number of likely N-dealkylation sites (tertiary alicyclic amines) is 3. The second-order valence-electron chi connectivity index (χ2n) is 25.7. The third-order valence-corrected chi connectivity index (χ3v) is 17.0. The molecule has 35 heteroatoms. The summed E-state index contributed by atoms with van der Waals surface area (Å²) in [6.07, 6.45) is 3.90. The zero-order valence-corrected chi connectivity index (χ0v) is 56.8. The van der Waals surface area contributed by atoms with Gasteiger partial charge in [-0.3, -0.25) is 67.1 Å². The van der Waals surface area contributed by atoms with Crippen molar-refractivity contribution >= 4 is 101 Å². The molecule has 1 aromatic rings. The number of H-pyrrole nitrogens is 1. The summed E-state index contributed by atoms with van der Waals surface area (Å²) in [5, 5.41) is 45.2. The van der Waals surface area contributed by atoms with Gasteiger partial charge in [-0.25, -0.2) is 9.78 Å². The number of aromatic amines is 1. The van der Waals surface area contributed by atoms with Crippen molar-refractivity contribution in [2.24, 2.45) is 35.1 Å². The molecule has 0 aromatic carbocycles. The molecule has 0 unspecified atom stereocenters. The van der Waals surface area contributed by atoms with Gasteiger partial charge in [0, 0.05) is 43.7 Å². The van der Waals surface area contributed by atoms with Gasteiger partial charge < -0.3 is 94.5 Å². The van der Waals surface area contributed by atoms with E-state index in [1.165, 1.54) is 27.2 Å². The lowest BCUT2D eigenvalue weighted by Gasteiger charge is -2.35. The third-order valence-electron chi connectivity index (χ3n) is 16.6. The summed E-state index contributed by atoms with van der Waals surface area (Å²) >= 11 is 4.10. The molecule has 3 aliphatic rings. The van der Waals surface area contributed by atoms with E-state index in [1.807, 2.05) is 0 Å². The Labute approximate surface area is 563 Å². The molecule has 17 N–H and O–H groups in total. The monoisotopic (exact) mass is 1370 g/mol. The third kappa shape index (κ3) is 24.3. The Morgan fingerprint density at radius 2 is 1.05 bits per heavy atom. The number of carbonyl (C=O) groups is 15. The van der Waals surface area contributed by atoms with Crippen LogP contribution in [0.25, 0.3) is 0 Å². The van der Waals surface area contributed by atoms with Crippen molar-refractivity contribution in [1.82, 2.24) is 77.8 Å². The summed E-state index contributed by atoms with van der Waals surface area (Å²) in [5.41, 5.74) is 11.2. The highest BCUT2D eigenvalue weighted by molar-refractivity contribution is 7.80. The van der Waals surface area contributed by atoms with Crippen molar-refractivity contribution in [1.29, 1.82) is 0 Å². The van der Waals surface area contributed by atoms with Crippen LogP contribution in [0.4, 0.5) is 0 Å². The van der Waals surface area contributed by atoms with Crippen molar-refractivity contribution in [3.63, 3.8) is 0 Å². The van der Waals surface area contributed by atoms with Crippen LogP contribution < -0.4 is 64.6 Å². The number of aliphatic hydroxyl groups excluding tert-OH is 1. The number of imidazole rings is 1. The van der Waals surface area contributed by atoms with E-state index in [2.05, 4.69) is 75.8 Å². The molecule has 0 aliphatic carbocycles. The fraction of sp³-hybridized carbons (Fsp3) is 0.705. The first-order valence-corrected chi connectivity index (χ1v) is 33.2. The lowest BCUT2D eigenvalue weighted by atomic mass is 9.96. The molecule has 4 heterocycles. The first kappa shape index (κ1) is 80.0. The average molecular weight is 1370 g/mol. The molecule has 4 rings (SSSR count). The van der Waals surface area contributed by atoms with E-state index < -0.39 is 187 Å². The number of aliphatic carboxylic acids is 1. The first-order valence-electron chi connectivity index (χ1n) is 32.6. The number of nitrogens with two attached hydrogens (primary N) is 2. The number of carboxylic acids is 1. The van der Waals surface area contributed by atoms with Gasteiger partial charge in [0.25, 0.3) is 0 Å². The van der Waals surface area contributed by atoms with Crippen LogP contribution in [0.3, 0.4) is 0 Å². The maximum absolute atomic E-state index is 14.9. The second kappa shape index (κ2) is 38.9. The van der Waals surface area contributed by atoms with Gasteiger partial charge in [0.05, 0.1) is 39.0 Å². The van der Waals surface area contributed by atoms with E-state index in [0.717, 1.165) is 0 Å². The Balaban J connectivity index is 1.48. The Morgan fingerprint density at radius 1 is 0.573 bits per heavy atom. The van der Waals surface area contributed by atoms with Gasteiger partial charge in [-0.2, -0.15) is 12.6 Å². The smallest absolute Gasteiger partial charge is 0.326 e. The number of nitrogens with zero attached hydrogens (tertiary/aromatic N) is 4. The van der Waals surface area contributed by atoms with Crippen LogP contribution in [0, 0.1) is 23.7 Å². The molecule has 14 amide bonds. The van der Waals surface area contributed by atoms with Crippen molar-refractivity contribution in [2.45, 2.75) is 199 Å². The number of carboxylic acid groups (broad SMARTS) is 1. The molecule has 12 atom stereocenters. The molecular formula is C61H99N17O17S. The van der Waals surface area contributed by atoms with Gasteiger partial charge in [-0.05, 0) is 81.5 Å². The van der Waals surface area contributed by atoms with Gasteiger partial charge in [-0.1, -0.05) is 61.8 Å². The normalized spacial score (nSPS) is 18.9. The highest BCUT2D eigenvalue weighted by atomic mass is 32.1. The number of carbonyl (C=O) groups excluding carboxylic acids is 14. The summed E-state index contributed by atoms with van der Waals surface area (Å²) in [4.78, 5) is 213. The van der Waals surface area contributed by atoms with Gasteiger partial charge in [0.2, 0.25) is 82.7 Å². The summed E-state index contributed by atoms with van der Waals surface area (Å²) in [6.45, 7) is 12.0. The SMILES string of the molecule is CC[C@H](C)[C@H](NC(=O)[C@H](Cc1cnc[nH]1)NC(=O)[C@H](CC(C)C)NC(=O)CNC(=O)[C@H](CS)NC(=O)CNC(=O)CN)C(=O)N1CCC[C@H]1C(=O)N1CCC[C@H]1C(=O)N[C@@H](CC(N)=O)C(=O)N[C@@H](CC(C)C)C(=O)N[C@@H](CO)C(=O)N[C@@H](CC(C)C)C(=O)N1CCC[C@H]1C(=O)O. The van der Waals surface area contributed by atoms with E-state index in [9.17, 15) is 82.1 Å². The number of rotatable bonds is 38. The first-order chi connectivity index (χ1) is 45.3. The number of primary amides is 1. The van der Waals surface area contributed by atoms with E-state index >= 15 is 0 Å². The Morgan fingerprint density at radius 3 is 1.58 bits per heavy atom. The molecule has 3 saturated heterocycles. The van der Waals surface area contributed by atoms with Crippen LogP contribution in [0.2, 0.25) is 0 Å². The van der Waals surface area contributed by atoms with Gasteiger partial charge in [-0.15, -0.1) is 0 Å². The molecule has 0 spiro atoms. The van der Waals surface area contributed by atoms with E-state index in [1.54, 1.807) is 55.4 Å². The summed E-state index contributed by atoms with van der Waals surface area (Å²) in [6, 6.07) is -14.6. The topological polar surface area (TPSA) is 507 Å². The van der Waals surface area contributed by atoms with Crippen molar-refractivity contribution in [3.05, 3.63) is 18.2 Å². The van der Waals surface area contributed by atoms with E-state index in [-0.39, 0.29) is 94.6 Å². The minimum absolute atomic E-state index is 0.0502. The van der Waals surface area contributed by atoms with Crippen LogP contribution in [0.1, 0.15) is 132 Å². The summed E-state index contributed by atoms with van der Waals surface area (Å²) in [7, 11) is 0. The number of nitrogens with one attached hydrogen (secondary N) is 11. The second-order valence-corrected chi connectivity index (χ2v) is 26.1. The van der Waals surface area contributed by atoms with Gasteiger partial charge in [0.1, 0.15) is 66.5 Å². The number of aliphatic hydroxyl groups is 1. The fourth-order valence-electron chi connectivity index (χ4n) is 11.5. The number of aromatic nitrogens is 2. The highest BCUT2D eigenvalue weighted by Crippen LogP contribution is 2.28. The number of thiol groups is 1. The minimum Gasteiger partial charge on any atom is -0.480 e. The maximum Gasteiger partial charge on any atom is 0.326 e. The molecular weight excluding hydrogens is 1270 g/mol. The summed E-state index contributed by atoms with van der Waals surface area (Å²) in [5.74, 6) is -13.8. The average Bonchev–Trinajstić information content (AvgIpc) is 1.52. The predicted molar refractivity (Wildman–Crippen MR) is 347 cm³/mol. The number of amides is 14. The fourth-order valence-corrected chi connectivity index (χ4v) is 11.8. The lowest BCUT2D eigenvalue weighted by molar-refractivity contribution is -0.149. The molecule has 0 saturated carbocycles. The standard InChI is InChI=1S/C61H99N17O17S/c1-9-34(8)50(75-55(88)38(22-35-25-64-30-67-35)71-52(85)36(19-31(2)3)68-49(83)27-66-51(84)42(29-96)69-48(82)26-65-47(81)24-62)60(93)77-17-11-14-44(77)59(92)76-16-10-13-43(76)57(90)72-39(23-46(63)80)54(87)70-37(20-32(4)5)53(86)74-41(28-79)56(89)73-40(21-33(6)7)58(91)78-18-12-15-45(78)61(94)95/h25,30-34,36-45,50,79,96H,9-24,26-29,62H2,1-8H3,(H2,63,80)(H,64,67)(H,65,81)(H,66,84)(H,68,83)(H,69,82)(H,70,87)(H,71,85)(H,72,90)(H,73,89)(H,74,86)(H,75,88)(H,94,95)/t34-,36-,37-,38-,39-,40-,41-,42-,43-,44-,45-,50-/m0/s1. The van der Waals surface area contributed by atoms with Crippen LogP contribution in [0.5, 0.6) is 0 Å². The van der Waals surface area contributed by atoms with Crippen molar-refractivity contribution in [3.8, 4) is 0 Å². The number of hydrogen-bond donors (Lipinski definition) is 16. The molecule has 0 radical (unpaired) electrons. The van der Waals surface area contributed by atoms with Crippen LogP contribution in [-0.4, -0.2) is 242 Å². The zero-order chi connectivity index (χ0) is 71.7. The molecule has 34 nitrogen and oxygen atoms in total. The highest BCUT2D eigenvalue weighted by Gasteiger charge is 2.46. The molecule has 3 aliphatic heterocycles. The van der Waals surface area contributed by atoms with Crippen LogP contribution in [0.15, 0.2) is 12.5 Å². The number of hydrogen-bond acceptors (Lipinski definition) is 19. The van der Waals surface area contributed by atoms with E-state index in [4.69, 9.17) is 11.5 Å². The summed E-state index contributed by atoms with van der Waals surface area (Å²) < 4.78 is 0.